The van der Waals surface area contributed by atoms with Gasteiger partial charge in [-0.15, -0.1) is 0 Å². The molecule has 28 heavy (non-hydrogen) atoms. The van der Waals surface area contributed by atoms with E-state index in [0.717, 1.165) is 0 Å². The van der Waals surface area contributed by atoms with E-state index in [1.54, 1.807) is 48.5 Å². The van der Waals surface area contributed by atoms with Crippen molar-refractivity contribution in [3.63, 3.8) is 0 Å². The van der Waals surface area contributed by atoms with E-state index in [1.807, 2.05) is 12.1 Å². The quantitative estimate of drug-likeness (QED) is 0.373. The van der Waals surface area contributed by atoms with E-state index in [9.17, 15) is 9.59 Å². The number of nitrogens with two attached hydrogens (primary N) is 2. The monoisotopic (exact) mass is 392 g/mol. The van der Waals surface area contributed by atoms with Gasteiger partial charge in [0, 0.05) is 0 Å². The summed E-state index contributed by atoms with van der Waals surface area (Å²) in [6, 6.07) is 17.5. The molecule has 0 aromatic heterocycles. The number of rotatable bonds is 9. The Bertz CT molecular complexity index is 580. The summed E-state index contributed by atoms with van der Waals surface area (Å²) in [5.74, 6) is -0.0635. The molecule has 0 aliphatic heterocycles. The van der Waals surface area contributed by atoms with Crippen LogP contribution in [0.2, 0.25) is 0 Å². The zero-order valence-electron chi connectivity index (χ0n) is 16.2. The van der Waals surface area contributed by atoms with Crippen molar-refractivity contribution in [2.24, 2.45) is 11.5 Å². The zero-order valence-corrected chi connectivity index (χ0v) is 16.2. The Morgan fingerprint density at radius 2 is 0.964 bits per heavy atom. The van der Waals surface area contributed by atoms with Crippen LogP contribution in [0.15, 0.2) is 60.7 Å². The number of hydrogen-bond donors (Lipinski definition) is 2. The van der Waals surface area contributed by atoms with Crippen LogP contribution in [0.3, 0.4) is 0 Å². The predicted molar refractivity (Wildman–Crippen MR) is 106 cm³/mol. The van der Waals surface area contributed by atoms with Crippen molar-refractivity contribution < 1.29 is 28.5 Å². The Kier molecular flexibility index (Phi) is 15.9. The SMILES string of the molecule is CN.CN.O=C(COCCOCC(=O)Oc1ccccc1)Oc1ccccc1. The maximum absolute atomic E-state index is 11.5. The topological polar surface area (TPSA) is 123 Å². The normalized spacial score (nSPS) is 9.14. The van der Waals surface area contributed by atoms with Crippen molar-refractivity contribution in [2.45, 2.75) is 0 Å². The first kappa shape index (κ1) is 25.2. The summed E-state index contributed by atoms with van der Waals surface area (Å²) in [6.45, 7) is -0.0373. The van der Waals surface area contributed by atoms with Gasteiger partial charge in [0.25, 0.3) is 0 Å². The van der Waals surface area contributed by atoms with E-state index in [0.29, 0.717) is 11.5 Å². The average Bonchev–Trinajstić information content (AvgIpc) is 2.75. The van der Waals surface area contributed by atoms with Gasteiger partial charge in [-0.05, 0) is 38.4 Å². The van der Waals surface area contributed by atoms with Crippen LogP contribution >= 0.6 is 0 Å². The second kappa shape index (κ2) is 17.6. The fraction of sp³-hybridized carbons (Fsp3) is 0.300. The van der Waals surface area contributed by atoms with Crippen molar-refractivity contribution >= 4 is 11.9 Å². The van der Waals surface area contributed by atoms with Crippen molar-refractivity contribution in [3.8, 4) is 11.5 Å². The minimum atomic E-state index is -0.496. The Morgan fingerprint density at radius 1 is 0.643 bits per heavy atom. The van der Waals surface area contributed by atoms with Crippen LogP contribution in [-0.2, 0) is 19.1 Å². The molecular formula is C20H28N2O6. The number of para-hydroxylation sites is 2. The van der Waals surface area contributed by atoms with Crippen LogP contribution in [0, 0.1) is 0 Å². The number of ether oxygens (including phenoxy) is 4. The summed E-state index contributed by atoms with van der Waals surface area (Å²) < 4.78 is 20.3. The fourth-order valence-electron chi connectivity index (χ4n) is 1.73. The van der Waals surface area contributed by atoms with Crippen LogP contribution in [0.1, 0.15) is 0 Å². The number of esters is 2. The molecule has 0 aliphatic rings. The van der Waals surface area contributed by atoms with Crippen LogP contribution in [0.4, 0.5) is 0 Å². The first-order valence-corrected chi connectivity index (χ1v) is 8.56. The molecule has 0 radical (unpaired) electrons. The van der Waals surface area contributed by atoms with Gasteiger partial charge in [0.1, 0.15) is 24.7 Å². The number of carbonyl (C=O) groups excluding carboxylic acids is 2. The van der Waals surface area contributed by atoms with Crippen LogP contribution in [0.5, 0.6) is 11.5 Å². The van der Waals surface area contributed by atoms with Crippen molar-refractivity contribution in [1.82, 2.24) is 0 Å². The zero-order chi connectivity index (χ0) is 21.0. The highest BCUT2D eigenvalue weighted by Crippen LogP contribution is 2.09. The van der Waals surface area contributed by atoms with Crippen LogP contribution in [0.25, 0.3) is 0 Å². The number of carbonyl (C=O) groups is 2. The number of hydrogen-bond acceptors (Lipinski definition) is 8. The molecule has 4 N–H and O–H groups in total. The molecule has 2 aromatic rings. The standard InChI is InChI=1S/C18H18O6.2CH5N/c19-17(23-15-7-3-1-4-8-15)13-21-11-12-22-14-18(20)24-16-9-5-2-6-10-16;2*1-2/h1-10H,11-14H2;2*2H2,1H3. The van der Waals surface area contributed by atoms with Gasteiger partial charge >= 0.3 is 11.9 Å². The van der Waals surface area contributed by atoms with Gasteiger partial charge in [0.15, 0.2) is 0 Å². The van der Waals surface area contributed by atoms with Crippen LogP contribution < -0.4 is 20.9 Å². The van der Waals surface area contributed by atoms with Crippen molar-refractivity contribution in [3.05, 3.63) is 60.7 Å². The lowest BCUT2D eigenvalue weighted by Crippen LogP contribution is -2.20. The third-order valence-corrected chi connectivity index (χ3v) is 2.76. The van der Waals surface area contributed by atoms with Gasteiger partial charge in [-0.1, -0.05) is 36.4 Å². The molecule has 0 unspecified atom stereocenters. The lowest BCUT2D eigenvalue weighted by atomic mass is 10.3. The average molecular weight is 392 g/mol. The van der Waals surface area contributed by atoms with E-state index in [4.69, 9.17) is 18.9 Å². The van der Waals surface area contributed by atoms with E-state index in [-0.39, 0.29) is 26.4 Å². The van der Waals surface area contributed by atoms with Gasteiger partial charge in [-0.25, -0.2) is 9.59 Å². The third kappa shape index (κ3) is 12.6. The Balaban J connectivity index is 0.00000171. The van der Waals surface area contributed by atoms with Gasteiger partial charge < -0.3 is 30.4 Å². The lowest BCUT2D eigenvalue weighted by molar-refractivity contribution is -0.143. The molecule has 0 aliphatic carbocycles. The molecule has 154 valence electrons. The first-order chi connectivity index (χ1) is 13.7. The van der Waals surface area contributed by atoms with Gasteiger partial charge in [0.2, 0.25) is 0 Å². The predicted octanol–water partition coefficient (Wildman–Crippen LogP) is 1.38. The van der Waals surface area contributed by atoms with Gasteiger partial charge in [0.05, 0.1) is 13.2 Å². The maximum Gasteiger partial charge on any atom is 0.337 e. The highest BCUT2D eigenvalue weighted by Gasteiger charge is 2.06. The molecule has 2 rings (SSSR count). The van der Waals surface area contributed by atoms with Gasteiger partial charge in [-0.2, -0.15) is 0 Å². The minimum absolute atomic E-state index is 0.169. The molecule has 8 heteroatoms. The molecule has 0 spiro atoms. The molecule has 0 saturated carbocycles. The first-order valence-electron chi connectivity index (χ1n) is 8.56. The summed E-state index contributed by atoms with van der Waals surface area (Å²) in [5, 5.41) is 0. The molecule has 2 aromatic carbocycles. The summed E-state index contributed by atoms with van der Waals surface area (Å²) >= 11 is 0. The molecule has 0 atom stereocenters. The fourth-order valence-corrected chi connectivity index (χ4v) is 1.73. The van der Waals surface area contributed by atoms with E-state index >= 15 is 0 Å². The van der Waals surface area contributed by atoms with Gasteiger partial charge in [-0.3, -0.25) is 0 Å². The second-order valence-electron chi connectivity index (χ2n) is 4.68. The van der Waals surface area contributed by atoms with E-state index < -0.39 is 11.9 Å². The van der Waals surface area contributed by atoms with E-state index in [1.165, 1.54) is 14.1 Å². The molecule has 0 fully saturated rings. The summed E-state index contributed by atoms with van der Waals surface area (Å²) in [6.07, 6.45) is 0. The van der Waals surface area contributed by atoms with Crippen LogP contribution in [-0.4, -0.2) is 52.5 Å². The molecule has 8 nitrogen and oxygen atoms in total. The molecule has 0 saturated heterocycles. The number of benzene rings is 2. The smallest absolute Gasteiger partial charge is 0.337 e. The third-order valence-electron chi connectivity index (χ3n) is 2.76. The minimum Gasteiger partial charge on any atom is -0.425 e. The summed E-state index contributed by atoms with van der Waals surface area (Å²) in [4.78, 5) is 23.0. The molecule has 0 bridgehead atoms. The Hall–Kier alpha value is -2.78. The summed E-state index contributed by atoms with van der Waals surface area (Å²) in [5.41, 5.74) is 9.00. The molecular weight excluding hydrogens is 364 g/mol. The molecule has 0 heterocycles. The lowest BCUT2D eigenvalue weighted by Gasteiger charge is -2.07. The largest absolute Gasteiger partial charge is 0.425 e. The Morgan fingerprint density at radius 3 is 1.29 bits per heavy atom. The van der Waals surface area contributed by atoms with Crippen molar-refractivity contribution in [1.29, 1.82) is 0 Å². The van der Waals surface area contributed by atoms with Crippen molar-refractivity contribution in [2.75, 3.05) is 40.5 Å². The highest BCUT2D eigenvalue weighted by molar-refractivity contribution is 5.74. The molecule has 0 amide bonds. The second-order valence-corrected chi connectivity index (χ2v) is 4.68. The maximum atomic E-state index is 11.5. The Labute approximate surface area is 165 Å². The highest BCUT2D eigenvalue weighted by atomic mass is 16.6. The van der Waals surface area contributed by atoms with E-state index in [2.05, 4.69) is 11.5 Å². The summed E-state index contributed by atoms with van der Waals surface area (Å²) in [7, 11) is 3.00.